The molecule has 0 radical (unpaired) electrons. The summed E-state index contributed by atoms with van der Waals surface area (Å²) < 4.78 is 2.38. The summed E-state index contributed by atoms with van der Waals surface area (Å²) in [6.45, 7) is 7.82. The molecule has 0 bridgehead atoms. The van der Waals surface area contributed by atoms with Crippen molar-refractivity contribution in [2.45, 2.75) is 39.0 Å². The summed E-state index contributed by atoms with van der Waals surface area (Å²) >= 11 is 0. The number of nitrogens with one attached hydrogen (secondary N) is 1. The highest BCUT2D eigenvalue weighted by molar-refractivity contribution is 5.90. The molecule has 0 atom stereocenters. The number of aryl methyl sites for hydroxylation is 3. The predicted octanol–water partition coefficient (Wildman–Crippen LogP) is 3.35. The summed E-state index contributed by atoms with van der Waals surface area (Å²) in [5.41, 5.74) is 7.60. The van der Waals surface area contributed by atoms with Crippen molar-refractivity contribution < 1.29 is 0 Å². The molecule has 19 heavy (non-hydrogen) atoms. The van der Waals surface area contributed by atoms with Crippen molar-refractivity contribution in [2.24, 2.45) is 7.05 Å². The first-order valence-electron chi connectivity index (χ1n) is 7.21. The third-order valence-electron chi connectivity index (χ3n) is 4.83. The van der Waals surface area contributed by atoms with Crippen molar-refractivity contribution in [3.8, 4) is 0 Å². The molecule has 0 spiro atoms. The van der Waals surface area contributed by atoms with Gasteiger partial charge in [0.2, 0.25) is 0 Å². The van der Waals surface area contributed by atoms with Gasteiger partial charge in [0.05, 0.1) is 0 Å². The fraction of sp³-hybridized carbons (Fsp3) is 0.529. The minimum Gasteiger partial charge on any atom is -0.348 e. The number of hydrogen-bond acceptors (Lipinski definition) is 1. The second-order valence-electron chi connectivity index (χ2n) is 6.31. The number of rotatable bonds is 3. The molecule has 0 aliphatic heterocycles. The van der Waals surface area contributed by atoms with Crippen LogP contribution >= 0.6 is 0 Å². The van der Waals surface area contributed by atoms with Gasteiger partial charge in [-0.25, -0.2) is 0 Å². The van der Waals surface area contributed by atoms with Crippen LogP contribution in [0.2, 0.25) is 0 Å². The largest absolute Gasteiger partial charge is 0.348 e. The maximum absolute atomic E-state index is 3.39. The lowest BCUT2D eigenvalue weighted by atomic mass is 9.90. The average Bonchev–Trinajstić information content (AvgIpc) is 3.06. The van der Waals surface area contributed by atoms with Gasteiger partial charge >= 0.3 is 0 Å². The number of benzene rings is 1. The van der Waals surface area contributed by atoms with Gasteiger partial charge in [-0.15, -0.1) is 0 Å². The third kappa shape index (κ3) is 1.73. The monoisotopic (exact) mass is 256 g/mol. The van der Waals surface area contributed by atoms with Crippen LogP contribution in [0.25, 0.3) is 10.9 Å². The highest BCUT2D eigenvalue weighted by atomic mass is 15.0. The van der Waals surface area contributed by atoms with E-state index in [1.54, 1.807) is 5.56 Å². The number of likely N-dealkylation sites (N-methyl/N-ethyl adjacent to an activating group) is 1. The molecule has 0 amide bonds. The highest BCUT2D eigenvalue weighted by Gasteiger charge is 2.46. The molecule has 2 heteroatoms. The molecule has 2 nitrogen and oxygen atoms in total. The van der Waals surface area contributed by atoms with Gasteiger partial charge in [-0.1, -0.05) is 6.07 Å². The van der Waals surface area contributed by atoms with Crippen LogP contribution in [0.1, 0.15) is 35.2 Å². The summed E-state index contributed by atoms with van der Waals surface area (Å²) in [5, 5.41) is 4.89. The first-order chi connectivity index (χ1) is 9.00. The summed E-state index contributed by atoms with van der Waals surface area (Å²) in [7, 11) is 4.27. The van der Waals surface area contributed by atoms with Crippen molar-refractivity contribution in [1.82, 2.24) is 9.88 Å². The van der Waals surface area contributed by atoms with E-state index in [-0.39, 0.29) is 0 Å². The Morgan fingerprint density at radius 1 is 1.21 bits per heavy atom. The van der Waals surface area contributed by atoms with Crippen LogP contribution in [-0.4, -0.2) is 18.2 Å². The van der Waals surface area contributed by atoms with Gasteiger partial charge in [0.15, 0.2) is 0 Å². The molecular formula is C17H24N2. The Morgan fingerprint density at radius 3 is 2.47 bits per heavy atom. The van der Waals surface area contributed by atoms with Crippen molar-refractivity contribution >= 4 is 10.9 Å². The summed E-state index contributed by atoms with van der Waals surface area (Å²) in [5.74, 6) is 0. The number of hydrogen-bond donors (Lipinski definition) is 1. The van der Waals surface area contributed by atoms with Crippen molar-refractivity contribution in [2.75, 3.05) is 13.6 Å². The lowest BCUT2D eigenvalue weighted by Crippen LogP contribution is -2.24. The van der Waals surface area contributed by atoms with Crippen molar-refractivity contribution in [3.05, 3.63) is 34.5 Å². The van der Waals surface area contributed by atoms with Crippen LogP contribution in [-0.2, 0) is 12.5 Å². The number of aromatic nitrogens is 1. The second-order valence-corrected chi connectivity index (χ2v) is 6.31. The quantitative estimate of drug-likeness (QED) is 0.891. The smallest absolute Gasteiger partial charge is 0.0488 e. The maximum Gasteiger partial charge on any atom is 0.0488 e. The van der Waals surface area contributed by atoms with Gasteiger partial charge in [-0.2, -0.15) is 0 Å². The zero-order valence-electron chi connectivity index (χ0n) is 12.7. The Bertz CT molecular complexity index is 645. The normalized spacial score (nSPS) is 17.1. The molecule has 1 heterocycles. The van der Waals surface area contributed by atoms with Crippen molar-refractivity contribution in [3.63, 3.8) is 0 Å². The summed E-state index contributed by atoms with van der Waals surface area (Å²) in [6, 6.07) is 4.65. The molecule has 0 unspecified atom stereocenters. The van der Waals surface area contributed by atoms with Crippen LogP contribution in [0.3, 0.4) is 0 Å². The SMILES string of the molecule is CNCC1(c2c(C)n(C)c3cc(C)cc(C)c23)CC1. The fourth-order valence-electron chi connectivity index (χ4n) is 3.72. The van der Waals surface area contributed by atoms with E-state index in [9.17, 15) is 0 Å². The maximum atomic E-state index is 3.39. The lowest BCUT2D eigenvalue weighted by molar-refractivity contribution is 0.621. The molecule has 102 valence electrons. The average molecular weight is 256 g/mol. The molecule has 1 fully saturated rings. The zero-order chi connectivity index (χ0) is 13.8. The molecule has 0 saturated heterocycles. The molecule has 1 saturated carbocycles. The Kier molecular flexibility index (Phi) is 2.75. The molecule has 1 aliphatic rings. The summed E-state index contributed by atoms with van der Waals surface area (Å²) in [4.78, 5) is 0. The Hall–Kier alpha value is -1.28. The van der Waals surface area contributed by atoms with Gasteiger partial charge in [-0.05, 0) is 63.4 Å². The van der Waals surface area contributed by atoms with Gasteiger partial charge in [0.1, 0.15) is 0 Å². The number of fused-ring (bicyclic) bond motifs is 1. The van der Waals surface area contributed by atoms with E-state index in [0.29, 0.717) is 5.41 Å². The molecule has 2 aromatic rings. The number of nitrogens with zero attached hydrogens (tertiary/aromatic N) is 1. The van der Waals surface area contributed by atoms with Crippen LogP contribution in [0, 0.1) is 20.8 Å². The molecule has 1 N–H and O–H groups in total. The fourth-order valence-corrected chi connectivity index (χ4v) is 3.72. The van der Waals surface area contributed by atoms with Gasteiger partial charge in [0.25, 0.3) is 0 Å². The molecule has 1 aromatic carbocycles. The lowest BCUT2D eigenvalue weighted by Gasteiger charge is -2.16. The topological polar surface area (TPSA) is 17.0 Å². The van der Waals surface area contributed by atoms with Gasteiger partial charge < -0.3 is 9.88 Å². The highest BCUT2D eigenvalue weighted by Crippen LogP contribution is 2.52. The van der Waals surface area contributed by atoms with Gasteiger partial charge in [-0.3, -0.25) is 0 Å². The molecule has 1 aliphatic carbocycles. The van der Waals surface area contributed by atoms with E-state index < -0.39 is 0 Å². The molecule has 3 rings (SSSR count). The van der Waals surface area contributed by atoms with Crippen LogP contribution in [0.4, 0.5) is 0 Å². The van der Waals surface area contributed by atoms with Gasteiger partial charge in [0, 0.05) is 35.6 Å². The van der Waals surface area contributed by atoms with Crippen LogP contribution in [0.5, 0.6) is 0 Å². The van der Waals surface area contributed by atoms with E-state index in [1.165, 1.54) is 40.6 Å². The van der Waals surface area contributed by atoms with Crippen molar-refractivity contribution in [1.29, 1.82) is 0 Å². The minimum atomic E-state index is 0.387. The Balaban J connectivity index is 2.33. The van der Waals surface area contributed by atoms with E-state index in [2.05, 4.69) is 56.9 Å². The van der Waals surface area contributed by atoms with E-state index in [4.69, 9.17) is 0 Å². The summed E-state index contributed by atoms with van der Waals surface area (Å²) in [6.07, 6.45) is 2.64. The first kappa shape index (κ1) is 12.7. The molecular weight excluding hydrogens is 232 g/mol. The Morgan fingerprint density at radius 2 is 1.89 bits per heavy atom. The third-order valence-corrected chi connectivity index (χ3v) is 4.83. The first-order valence-corrected chi connectivity index (χ1v) is 7.21. The standard InChI is InChI=1S/C17H24N2/c1-11-8-12(2)15-14(9-11)19(5)13(3)16(15)17(6-7-17)10-18-4/h8-9,18H,6-7,10H2,1-5H3. The molecule has 1 aromatic heterocycles. The van der Waals surface area contributed by atoms with E-state index in [0.717, 1.165) is 6.54 Å². The Labute approximate surface area is 115 Å². The van der Waals surface area contributed by atoms with E-state index in [1.807, 2.05) is 0 Å². The minimum absolute atomic E-state index is 0.387. The van der Waals surface area contributed by atoms with E-state index >= 15 is 0 Å². The van der Waals surface area contributed by atoms with Crippen LogP contribution in [0.15, 0.2) is 12.1 Å². The predicted molar refractivity (Wildman–Crippen MR) is 82.0 cm³/mol. The van der Waals surface area contributed by atoms with Crippen LogP contribution < -0.4 is 5.32 Å². The zero-order valence-corrected chi connectivity index (χ0v) is 12.7. The second kappa shape index (κ2) is 4.11.